The number of nitrogens with zero attached hydrogens (tertiary/aromatic N) is 1. The van der Waals surface area contributed by atoms with Gasteiger partial charge in [-0.3, -0.25) is 10.1 Å². The molecule has 1 aromatic rings. The van der Waals surface area contributed by atoms with E-state index in [-0.39, 0.29) is 23.2 Å². The van der Waals surface area contributed by atoms with Crippen molar-refractivity contribution in [1.29, 1.82) is 0 Å². The van der Waals surface area contributed by atoms with E-state index in [1.807, 2.05) is 13.8 Å². The Hall–Kier alpha value is -2.15. The van der Waals surface area contributed by atoms with E-state index in [2.05, 4.69) is 5.32 Å². The molecule has 21 heavy (non-hydrogen) atoms. The predicted molar refractivity (Wildman–Crippen MR) is 78.9 cm³/mol. The number of anilines is 1. The molecule has 1 atom stereocenters. The van der Waals surface area contributed by atoms with E-state index in [4.69, 9.17) is 9.84 Å². The zero-order valence-electron chi connectivity index (χ0n) is 12.5. The van der Waals surface area contributed by atoms with Gasteiger partial charge in [0, 0.05) is 24.4 Å². The highest BCUT2D eigenvalue weighted by Crippen LogP contribution is 2.29. The third kappa shape index (κ3) is 4.16. The van der Waals surface area contributed by atoms with Gasteiger partial charge in [-0.25, -0.2) is 4.79 Å². The summed E-state index contributed by atoms with van der Waals surface area (Å²) in [4.78, 5) is 21.6. The largest absolute Gasteiger partial charge is 0.478 e. The molecule has 1 aromatic carbocycles. The highest BCUT2D eigenvalue weighted by molar-refractivity contribution is 5.90. The summed E-state index contributed by atoms with van der Waals surface area (Å²) in [6, 6.07) is 2.41. The van der Waals surface area contributed by atoms with Crippen molar-refractivity contribution in [3.05, 3.63) is 33.4 Å². The quantitative estimate of drug-likeness (QED) is 0.592. The second-order valence-corrected chi connectivity index (χ2v) is 5.18. The molecule has 0 aliphatic carbocycles. The van der Waals surface area contributed by atoms with Gasteiger partial charge in [-0.05, 0) is 18.9 Å². The predicted octanol–water partition coefficient (Wildman–Crippen LogP) is 2.68. The number of nitro benzene ring substituents is 1. The molecular weight excluding hydrogens is 276 g/mol. The summed E-state index contributed by atoms with van der Waals surface area (Å²) < 4.78 is 5.12. The number of nitro groups is 1. The zero-order chi connectivity index (χ0) is 16.2. The van der Waals surface area contributed by atoms with Gasteiger partial charge in [0.2, 0.25) is 0 Å². The lowest BCUT2D eigenvalue weighted by Gasteiger charge is -2.24. The van der Waals surface area contributed by atoms with Crippen molar-refractivity contribution in [3.8, 4) is 0 Å². The summed E-state index contributed by atoms with van der Waals surface area (Å²) in [7, 11) is 1.57. The highest BCUT2D eigenvalue weighted by Gasteiger charge is 2.21. The molecule has 0 saturated heterocycles. The number of ether oxygens (including phenoxy) is 1. The first-order chi connectivity index (χ1) is 9.77. The average molecular weight is 296 g/mol. The second kappa shape index (κ2) is 7.03. The Kier molecular flexibility index (Phi) is 5.66. The van der Waals surface area contributed by atoms with Gasteiger partial charge in [-0.1, -0.05) is 13.8 Å². The fourth-order valence-corrected chi connectivity index (χ4v) is 1.94. The Labute approximate surface area is 123 Å². The number of carbonyl (C=O) groups is 1. The average Bonchev–Trinajstić information content (AvgIpc) is 2.39. The molecule has 0 heterocycles. The van der Waals surface area contributed by atoms with Crippen LogP contribution in [0, 0.1) is 23.0 Å². The van der Waals surface area contributed by atoms with Gasteiger partial charge in [0.25, 0.3) is 5.69 Å². The maximum atomic E-state index is 11.1. The first kappa shape index (κ1) is 16.9. The maximum absolute atomic E-state index is 11.1. The van der Waals surface area contributed by atoms with Crippen LogP contribution in [-0.2, 0) is 4.74 Å². The smallest absolute Gasteiger partial charge is 0.336 e. The second-order valence-electron chi connectivity index (χ2n) is 5.18. The Morgan fingerprint density at radius 1 is 1.48 bits per heavy atom. The van der Waals surface area contributed by atoms with E-state index in [0.717, 1.165) is 6.07 Å². The summed E-state index contributed by atoms with van der Waals surface area (Å²) in [5.74, 6) is -0.981. The van der Waals surface area contributed by atoms with Crippen LogP contribution in [0.4, 0.5) is 11.4 Å². The Morgan fingerprint density at radius 3 is 2.52 bits per heavy atom. The molecule has 1 unspecified atom stereocenters. The Balaban J connectivity index is 3.27. The first-order valence-electron chi connectivity index (χ1n) is 6.55. The summed E-state index contributed by atoms with van der Waals surface area (Å²) in [5, 5.41) is 23.3. The molecule has 0 amide bonds. The number of hydrogen-bond donors (Lipinski definition) is 2. The highest BCUT2D eigenvalue weighted by atomic mass is 16.6. The number of methoxy groups -OCH3 is 1. The minimum Gasteiger partial charge on any atom is -0.478 e. The van der Waals surface area contributed by atoms with E-state index in [1.54, 1.807) is 14.0 Å². The van der Waals surface area contributed by atoms with Gasteiger partial charge in [0.05, 0.1) is 23.1 Å². The number of carboxylic acid groups (broad SMARTS) is 1. The lowest BCUT2D eigenvalue weighted by atomic mass is 10.0. The molecule has 0 aliphatic heterocycles. The van der Waals surface area contributed by atoms with Crippen LogP contribution >= 0.6 is 0 Å². The molecule has 0 bridgehead atoms. The van der Waals surface area contributed by atoms with Crippen molar-refractivity contribution in [3.63, 3.8) is 0 Å². The van der Waals surface area contributed by atoms with Crippen LogP contribution in [-0.4, -0.2) is 35.8 Å². The summed E-state index contributed by atoms with van der Waals surface area (Å²) in [6.07, 6.45) is 0. The molecule has 7 nitrogen and oxygen atoms in total. The van der Waals surface area contributed by atoms with Crippen molar-refractivity contribution in [1.82, 2.24) is 0 Å². The Bertz CT molecular complexity index is 542. The normalized spacial score (nSPS) is 12.2. The van der Waals surface area contributed by atoms with Crippen molar-refractivity contribution >= 4 is 17.3 Å². The van der Waals surface area contributed by atoms with Crippen LogP contribution in [0.25, 0.3) is 0 Å². The topological polar surface area (TPSA) is 102 Å². The van der Waals surface area contributed by atoms with Crippen LogP contribution in [0.5, 0.6) is 0 Å². The van der Waals surface area contributed by atoms with Gasteiger partial charge >= 0.3 is 5.97 Å². The van der Waals surface area contributed by atoms with E-state index in [1.165, 1.54) is 6.07 Å². The molecule has 0 aliphatic rings. The first-order valence-corrected chi connectivity index (χ1v) is 6.55. The molecule has 0 aromatic heterocycles. The number of benzene rings is 1. The molecule has 0 spiro atoms. The number of hydrogen-bond acceptors (Lipinski definition) is 5. The van der Waals surface area contributed by atoms with Crippen LogP contribution in [0.3, 0.4) is 0 Å². The molecular formula is C14H20N2O5. The van der Waals surface area contributed by atoms with Gasteiger partial charge in [0.15, 0.2) is 0 Å². The summed E-state index contributed by atoms with van der Waals surface area (Å²) in [5.41, 5.74) is 0.524. The van der Waals surface area contributed by atoms with E-state index >= 15 is 0 Å². The fourth-order valence-electron chi connectivity index (χ4n) is 1.94. The van der Waals surface area contributed by atoms with Gasteiger partial charge in [-0.15, -0.1) is 0 Å². The number of rotatable bonds is 7. The minimum absolute atomic E-state index is 0.0719. The third-order valence-corrected chi connectivity index (χ3v) is 3.32. The maximum Gasteiger partial charge on any atom is 0.336 e. The van der Waals surface area contributed by atoms with Gasteiger partial charge in [0.1, 0.15) is 0 Å². The van der Waals surface area contributed by atoms with Crippen molar-refractivity contribution in [2.75, 3.05) is 19.0 Å². The van der Waals surface area contributed by atoms with E-state index in [9.17, 15) is 14.9 Å². The van der Waals surface area contributed by atoms with Gasteiger partial charge < -0.3 is 15.2 Å². The lowest BCUT2D eigenvalue weighted by Crippen LogP contribution is -2.30. The van der Waals surface area contributed by atoms with Crippen LogP contribution in [0.15, 0.2) is 12.1 Å². The van der Waals surface area contributed by atoms with Crippen LogP contribution in [0.1, 0.15) is 29.8 Å². The molecule has 0 saturated carbocycles. The van der Waals surface area contributed by atoms with Crippen molar-refractivity contribution in [2.24, 2.45) is 5.92 Å². The fraction of sp³-hybridized carbons (Fsp3) is 0.500. The molecule has 0 radical (unpaired) electrons. The molecule has 0 fully saturated rings. The van der Waals surface area contributed by atoms with E-state index < -0.39 is 10.9 Å². The van der Waals surface area contributed by atoms with Crippen LogP contribution in [0.2, 0.25) is 0 Å². The van der Waals surface area contributed by atoms with Crippen molar-refractivity contribution < 1.29 is 19.6 Å². The molecule has 1 rings (SSSR count). The zero-order valence-corrected chi connectivity index (χ0v) is 12.5. The minimum atomic E-state index is -1.20. The molecule has 7 heteroatoms. The molecule has 116 valence electrons. The standard InChI is InChI=1S/C14H20N2O5/c1-8(2)12(7-21-4)15-11-5-10(14(17)18)6-13(9(11)3)16(19)20/h5-6,8,12,15H,7H2,1-4H3,(H,17,18). The molecule has 2 N–H and O–H groups in total. The SMILES string of the molecule is COCC(Nc1cc(C(=O)O)cc([N+](=O)[O-])c1C)C(C)C. The van der Waals surface area contributed by atoms with Crippen LogP contribution < -0.4 is 5.32 Å². The van der Waals surface area contributed by atoms with Gasteiger partial charge in [-0.2, -0.15) is 0 Å². The lowest BCUT2D eigenvalue weighted by molar-refractivity contribution is -0.385. The number of aromatic carboxylic acids is 1. The number of carboxylic acids is 1. The van der Waals surface area contributed by atoms with E-state index in [0.29, 0.717) is 17.9 Å². The summed E-state index contributed by atoms with van der Waals surface area (Å²) >= 11 is 0. The monoisotopic (exact) mass is 296 g/mol. The Morgan fingerprint density at radius 2 is 2.10 bits per heavy atom. The van der Waals surface area contributed by atoms with Crippen molar-refractivity contribution in [2.45, 2.75) is 26.8 Å². The third-order valence-electron chi connectivity index (χ3n) is 3.32. The number of nitrogens with one attached hydrogen (secondary N) is 1. The summed E-state index contributed by atoms with van der Waals surface area (Å²) in [6.45, 7) is 5.99.